The van der Waals surface area contributed by atoms with Crippen LogP contribution in [0.25, 0.3) is 0 Å². The average Bonchev–Trinajstić information content (AvgIpc) is 2.74. The number of rotatable bonds is 2. The molecule has 0 aromatic carbocycles. The summed E-state index contributed by atoms with van der Waals surface area (Å²) in [6.45, 7) is 13.4. The van der Waals surface area contributed by atoms with Crippen molar-refractivity contribution in [2.45, 2.75) is 61.5 Å². The summed E-state index contributed by atoms with van der Waals surface area (Å²) in [6, 6.07) is -0.940. The second kappa shape index (κ2) is 13.2. The van der Waals surface area contributed by atoms with E-state index in [0.717, 1.165) is 5.57 Å². The first-order valence-electron chi connectivity index (χ1n) is 7.39. The standard InChI is InChI=1S/C8H14O2.C6H11NO2.CH4N2O2.CH4/c1-5-10-8(9)7(4)6(2)3;1-4-5(8)7-9-6(4,2)3;2-1(4)3-5;/h5H2,1-4H3;4H,1-3H3,(H,7,8);5H,(H3,2,3,4);1H4. The van der Waals surface area contributed by atoms with E-state index in [2.05, 4.69) is 11.2 Å². The van der Waals surface area contributed by atoms with Crippen molar-refractivity contribution in [3.8, 4) is 0 Å². The minimum atomic E-state index is -0.940. The molecule has 1 unspecified atom stereocenters. The van der Waals surface area contributed by atoms with Gasteiger partial charge in [-0.15, -0.1) is 0 Å². The largest absolute Gasteiger partial charge is 0.463 e. The molecule has 0 radical (unpaired) electrons. The van der Waals surface area contributed by atoms with Crippen LogP contribution in [0.5, 0.6) is 0 Å². The molecule has 1 aliphatic rings. The van der Waals surface area contributed by atoms with Gasteiger partial charge in [0.1, 0.15) is 5.60 Å². The van der Waals surface area contributed by atoms with Crippen LogP contribution in [0.1, 0.15) is 55.9 Å². The van der Waals surface area contributed by atoms with Crippen molar-refractivity contribution in [1.82, 2.24) is 11.0 Å². The predicted molar refractivity (Wildman–Crippen MR) is 94.4 cm³/mol. The van der Waals surface area contributed by atoms with Gasteiger partial charge in [-0.1, -0.05) is 19.9 Å². The molecule has 1 heterocycles. The number of ether oxygens (including phenoxy) is 1. The molecule has 0 spiro atoms. The molecule has 1 rings (SSSR count). The smallest absolute Gasteiger partial charge is 0.335 e. The third-order valence-corrected chi connectivity index (χ3v) is 3.29. The molecule has 1 saturated heterocycles. The molecular weight excluding hydrogens is 330 g/mol. The van der Waals surface area contributed by atoms with Crippen LogP contribution in [0, 0.1) is 5.92 Å². The van der Waals surface area contributed by atoms with Gasteiger partial charge in [0.15, 0.2) is 0 Å². The number of carbonyl (C=O) groups is 3. The van der Waals surface area contributed by atoms with Crippen LogP contribution >= 0.6 is 0 Å². The summed E-state index contributed by atoms with van der Waals surface area (Å²) in [5.74, 6) is -0.278. The summed E-state index contributed by atoms with van der Waals surface area (Å²) >= 11 is 0. The first-order valence-corrected chi connectivity index (χ1v) is 7.39. The molecule has 5 N–H and O–H groups in total. The summed E-state index contributed by atoms with van der Waals surface area (Å²) in [6.07, 6.45) is 0. The van der Waals surface area contributed by atoms with Gasteiger partial charge in [0.05, 0.1) is 12.5 Å². The van der Waals surface area contributed by atoms with Crippen LogP contribution in [0.3, 0.4) is 0 Å². The summed E-state index contributed by atoms with van der Waals surface area (Å²) in [4.78, 5) is 35.9. The third-order valence-electron chi connectivity index (χ3n) is 3.29. The summed E-state index contributed by atoms with van der Waals surface area (Å²) in [5, 5.41) is 7.42. The van der Waals surface area contributed by atoms with Gasteiger partial charge >= 0.3 is 12.0 Å². The van der Waals surface area contributed by atoms with Crippen molar-refractivity contribution < 1.29 is 29.2 Å². The van der Waals surface area contributed by atoms with Crippen LogP contribution in [-0.2, 0) is 19.2 Å². The lowest BCUT2D eigenvalue weighted by atomic mass is 9.94. The van der Waals surface area contributed by atoms with E-state index in [9.17, 15) is 14.4 Å². The lowest BCUT2D eigenvalue weighted by molar-refractivity contribution is -0.138. The highest BCUT2D eigenvalue weighted by Crippen LogP contribution is 2.24. The fraction of sp³-hybridized carbons (Fsp3) is 0.688. The number of esters is 1. The SMILES string of the molecule is C.CC1C(=O)NOC1(C)C.CCOC(=O)C(C)=C(C)C.NC(=O)NO. The maximum atomic E-state index is 10.9. The monoisotopic (exact) mass is 363 g/mol. The lowest BCUT2D eigenvalue weighted by Crippen LogP contribution is -2.27. The summed E-state index contributed by atoms with van der Waals surface area (Å²) in [5.41, 5.74) is 9.17. The van der Waals surface area contributed by atoms with E-state index in [1.165, 1.54) is 5.48 Å². The van der Waals surface area contributed by atoms with Crippen molar-refractivity contribution in [1.29, 1.82) is 0 Å². The topological polar surface area (TPSA) is 140 Å². The lowest BCUT2D eigenvalue weighted by Gasteiger charge is -2.17. The third kappa shape index (κ3) is 12.0. The van der Waals surface area contributed by atoms with E-state index < -0.39 is 6.03 Å². The van der Waals surface area contributed by atoms with Crippen LogP contribution in [0.15, 0.2) is 11.1 Å². The second-order valence-electron chi connectivity index (χ2n) is 5.72. The van der Waals surface area contributed by atoms with E-state index in [0.29, 0.717) is 12.2 Å². The molecule has 1 atom stereocenters. The number of urea groups is 1. The predicted octanol–water partition coefficient (Wildman–Crippen LogP) is 2.05. The van der Waals surface area contributed by atoms with Crippen molar-refractivity contribution in [3.63, 3.8) is 0 Å². The quantitative estimate of drug-likeness (QED) is 0.256. The number of nitrogens with one attached hydrogen (secondary N) is 2. The first kappa shape index (κ1) is 27.7. The highest BCUT2D eigenvalue weighted by Gasteiger charge is 2.39. The van der Waals surface area contributed by atoms with Gasteiger partial charge in [-0.2, -0.15) is 0 Å². The fourth-order valence-electron chi connectivity index (χ4n) is 1.12. The Morgan fingerprint density at radius 2 is 1.80 bits per heavy atom. The molecule has 9 heteroatoms. The van der Waals surface area contributed by atoms with E-state index in [4.69, 9.17) is 14.8 Å². The zero-order valence-electron chi connectivity index (χ0n) is 15.4. The van der Waals surface area contributed by atoms with Gasteiger partial charge < -0.3 is 10.5 Å². The van der Waals surface area contributed by atoms with E-state index in [-0.39, 0.29) is 30.8 Å². The molecule has 0 aromatic heterocycles. The Hall–Kier alpha value is -2.13. The molecule has 0 aliphatic carbocycles. The van der Waals surface area contributed by atoms with Gasteiger partial charge in [0.25, 0.3) is 0 Å². The Labute approximate surface area is 149 Å². The minimum Gasteiger partial charge on any atom is -0.463 e. The highest BCUT2D eigenvalue weighted by atomic mass is 16.7. The van der Waals surface area contributed by atoms with Crippen LogP contribution in [-0.4, -0.2) is 35.3 Å². The maximum absolute atomic E-state index is 10.9. The number of primary amides is 1. The van der Waals surface area contributed by atoms with Gasteiger partial charge in [0.2, 0.25) is 5.91 Å². The van der Waals surface area contributed by atoms with Gasteiger partial charge in [0, 0.05) is 5.57 Å². The zero-order chi connectivity index (χ0) is 19.5. The number of hydroxylamine groups is 2. The van der Waals surface area contributed by atoms with Crippen LogP contribution in [0.2, 0.25) is 0 Å². The molecule has 1 aliphatic heterocycles. The Morgan fingerprint density at radius 3 is 1.96 bits per heavy atom. The van der Waals surface area contributed by atoms with Crippen molar-refractivity contribution in [3.05, 3.63) is 11.1 Å². The molecule has 25 heavy (non-hydrogen) atoms. The Balaban J connectivity index is -0.000000300. The zero-order valence-corrected chi connectivity index (χ0v) is 15.4. The van der Waals surface area contributed by atoms with E-state index in [1.54, 1.807) is 13.8 Å². The number of hydrogen-bond acceptors (Lipinski definition) is 6. The molecule has 0 bridgehead atoms. The fourth-order valence-corrected chi connectivity index (χ4v) is 1.12. The second-order valence-corrected chi connectivity index (χ2v) is 5.72. The molecule has 3 amide bonds. The number of carbonyl (C=O) groups excluding carboxylic acids is 3. The normalized spacial score (nSPS) is 16.5. The van der Waals surface area contributed by atoms with Crippen molar-refractivity contribution in [2.24, 2.45) is 11.7 Å². The molecule has 0 saturated carbocycles. The number of allylic oxidation sites excluding steroid dienone is 1. The van der Waals surface area contributed by atoms with Crippen LogP contribution in [0.4, 0.5) is 4.79 Å². The highest BCUT2D eigenvalue weighted by molar-refractivity contribution is 5.88. The van der Waals surface area contributed by atoms with Gasteiger partial charge in [-0.3, -0.25) is 14.8 Å². The number of hydrogen-bond donors (Lipinski definition) is 4. The average molecular weight is 363 g/mol. The van der Waals surface area contributed by atoms with Gasteiger partial charge in [-0.05, 0) is 41.5 Å². The molecule has 1 fully saturated rings. The Bertz CT molecular complexity index is 470. The molecular formula is C16H33N3O6. The maximum Gasteiger partial charge on any atom is 0.335 e. The number of amides is 3. The molecule has 148 valence electrons. The van der Waals surface area contributed by atoms with Crippen molar-refractivity contribution >= 4 is 17.9 Å². The Kier molecular flexibility index (Phi) is 14.6. The molecule has 0 aromatic rings. The first-order chi connectivity index (χ1) is 10.9. The summed E-state index contributed by atoms with van der Waals surface area (Å²) in [7, 11) is 0. The van der Waals surface area contributed by atoms with Crippen molar-refractivity contribution in [2.75, 3.05) is 6.61 Å². The van der Waals surface area contributed by atoms with E-state index in [1.807, 2.05) is 34.6 Å². The minimum absolute atomic E-state index is 0. The number of nitrogens with two attached hydrogens (primary N) is 1. The van der Waals surface area contributed by atoms with Gasteiger partial charge in [-0.25, -0.2) is 20.5 Å². The Morgan fingerprint density at radius 1 is 1.36 bits per heavy atom. The summed E-state index contributed by atoms with van der Waals surface area (Å²) < 4.78 is 4.77. The van der Waals surface area contributed by atoms with Crippen LogP contribution < -0.4 is 16.7 Å². The van der Waals surface area contributed by atoms with E-state index >= 15 is 0 Å². The molecule has 9 nitrogen and oxygen atoms in total.